The van der Waals surface area contributed by atoms with Crippen molar-refractivity contribution in [2.24, 2.45) is 4.99 Å². The van der Waals surface area contributed by atoms with E-state index in [1.54, 1.807) is 6.20 Å². The summed E-state index contributed by atoms with van der Waals surface area (Å²) in [6.45, 7) is 9.00. The number of guanidine groups is 1. The number of halogens is 1. The molecule has 0 radical (unpaired) electrons. The summed E-state index contributed by atoms with van der Waals surface area (Å²) in [7, 11) is 0. The highest BCUT2D eigenvalue weighted by molar-refractivity contribution is 14.0. The molecule has 0 bridgehead atoms. The van der Waals surface area contributed by atoms with Crippen molar-refractivity contribution < 1.29 is 18.9 Å². The fourth-order valence-electron chi connectivity index (χ4n) is 3.18. The van der Waals surface area contributed by atoms with E-state index in [-0.39, 0.29) is 30.1 Å². The normalized spacial score (nSPS) is 15.6. The highest BCUT2D eigenvalue weighted by Crippen LogP contribution is 2.23. The average molecular weight is 570 g/mol. The second kappa shape index (κ2) is 15.7. The van der Waals surface area contributed by atoms with E-state index in [4.69, 9.17) is 18.9 Å². The Kier molecular flexibility index (Phi) is 12.9. The number of hydrogen-bond acceptors (Lipinski definition) is 6. The maximum absolute atomic E-state index is 5.87. The van der Waals surface area contributed by atoms with Gasteiger partial charge in [0.05, 0.1) is 25.9 Å². The fraction of sp³-hybridized carbons (Fsp3) is 0.500. The van der Waals surface area contributed by atoms with Gasteiger partial charge < -0.3 is 29.6 Å². The quantitative estimate of drug-likeness (QED) is 0.172. The predicted molar refractivity (Wildman–Crippen MR) is 140 cm³/mol. The van der Waals surface area contributed by atoms with Gasteiger partial charge in [-0.15, -0.1) is 24.0 Å². The van der Waals surface area contributed by atoms with Crippen LogP contribution in [0.25, 0.3) is 0 Å². The molecular formula is C24H35IN4O4. The van der Waals surface area contributed by atoms with Crippen LogP contribution in [0.4, 0.5) is 0 Å². The molecule has 2 aromatic rings. The summed E-state index contributed by atoms with van der Waals surface area (Å²) in [5.74, 6) is 2.84. The fourth-order valence-corrected chi connectivity index (χ4v) is 3.18. The van der Waals surface area contributed by atoms with E-state index >= 15 is 0 Å². The summed E-state index contributed by atoms with van der Waals surface area (Å²) in [6.07, 6.45) is 3.89. The number of aromatic nitrogens is 1. The summed E-state index contributed by atoms with van der Waals surface area (Å²) in [5.41, 5.74) is 1.02. The zero-order valence-electron chi connectivity index (χ0n) is 19.4. The number of hydrogen-bond donors (Lipinski definition) is 2. The molecule has 8 nitrogen and oxygen atoms in total. The van der Waals surface area contributed by atoms with E-state index in [1.807, 2.05) is 43.3 Å². The Balaban J connectivity index is 0.00000385. The smallest absolute Gasteiger partial charge is 0.219 e. The third kappa shape index (κ3) is 10.1. The van der Waals surface area contributed by atoms with Crippen molar-refractivity contribution in [2.45, 2.75) is 39.3 Å². The van der Waals surface area contributed by atoms with Crippen LogP contribution in [0, 0.1) is 0 Å². The van der Waals surface area contributed by atoms with Crippen molar-refractivity contribution in [3.8, 4) is 17.4 Å². The molecule has 1 aliphatic rings. The SMILES string of the molecule is CCNC(=NCc1ccnc(Oc2ccc(OCC)cc2)c1)NCCCOC1CCOC1.I. The molecule has 33 heavy (non-hydrogen) atoms. The van der Waals surface area contributed by atoms with Crippen LogP contribution in [0.5, 0.6) is 17.4 Å². The standard InChI is InChI=1S/C24H34N4O4.HI/c1-3-25-24(27-12-5-14-31-22-11-15-29-18-22)28-17-19-10-13-26-23(16-19)32-21-8-6-20(7-9-21)30-4-2;/h6-10,13,16,22H,3-5,11-12,14-15,17-18H2,1-2H3,(H2,25,27,28);1H. The lowest BCUT2D eigenvalue weighted by atomic mass is 10.2. The summed E-state index contributed by atoms with van der Waals surface area (Å²) >= 11 is 0. The zero-order valence-corrected chi connectivity index (χ0v) is 21.7. The predicted octanol–water partition coefficient (Wildman–Crippen LogP) is 4.14. The summed E-state index contributed by atoms with van der Waals surface area (Å²) < 4.78 is 22.5. The Morgan fingerprint density at radius 2 is 1.97 bits per heavy atom. The topological polar surface area (TPSA) is 86.2 Å². The maximum Gasteiger partial charge on any atom is 0.219 e. The van der Waals surface area contributed by atoms with Crippen LogP contribution in [0.2, 0.25) is 0 Å². The monoisotopic (exact) mass is 570 g/mol. The third-order valence-corrected chi connectivity index (χ3v) is 4.78. The van der Waals surface area contributed by atoms with Crippen LogP contribution >= 0.6 is 24.0 Å². The molecule has 1 unspecified atom stereocenters. The highest BCUT2D eigenvalue weighted by atomic mass is 127. The Bertz CT molecular complexity index is 829. The molecule has 1 atom stereocenters. The maximum atomic E-state index is 5.87. The molecule has 2 heterocycles. The van der Waals surface area contributed by atoms with Crippen LogP contribution in [-0.2, 0) is 16.0 Å². The van der Waals surface area contributed by atoms with Crippen molar-refractivity contribution in [1.29, 1.82) is 0 Å². The van der Waals surface area contributed by atoms with E-state index in [1.165, 1.54) is 0 Å². The Morgan fingerprint density at radius 1 is 1.15 bits per heavy atom. The number of ether oxygens (including phenoxy) is 4. The first kappa shape index (κ1) is 27.1. The largest absolute Gasteiger partial charge is 0.494 e. The highest BCUT2D eigenvalue weighted by Gasteiger charge is 2.15. The van der Waals surface area contributed by atoms with Crippen molar-refractivity contribution in [3.63, 3.8) is 0 Å². The summed E-state index contributed by atoms with van der Waals surface area (Å²) in [6, 6.07) is 11.3. The van der Waals surface area contributed by atoms with Crippen LogP contribution in [0.1, 0.15) is 32.3 Å². The molecule has 0 amide bonds. The van der Waals surface area contributed by atoms with Gasteiger partial charge in [0.1, 0.15) is 11.5 Å². The van der Waals surface area contributed by atoms with Gasteiger partial charge >= 0.3 is 0 Å². The number of aliphatic imine (C=N–C) groups is 1. The van der Waals surface area contributed by atoms with Crippen molar-refractivity contribution >= 4 is 29.9 Å². The minimum absolute atomic E-state index is 0. The second-order valence-electron chi connectivity index (χ2n) is 7.34. The van der Waals surface area contributed by atoms with Gasteiger partial charge in [0.25, 0.3) is 0 Å². The second-order valence-corrected chi connectivity index (χ2v) is 7.34. The van der Waals surface area contributed by atoms with Crippen molar-refractivity contribution in [1.82, 2.24) is 15.6 Å². The van der Waals surface area contributed by atoms with E-state index in [9.17, 15) is 0 Å². The van der Waals surface area contributed by atoms with Crippen LogP contribution < -0.4 is 20.1 Å². The van der Waals surface area contributed by atoms with Gasteiger partial charge in [0, 0.05) is 38.6 Å². The number of pyridine rings is 1. The summed E-state index contributed by atoms with van der Waals surface area (Å²) in [4.78, 5) is 8.98. The molecule has 0 aliphatic carbocycles. The Hall–Kier alpha value is -2.11. The van der Waals surface area contributed by atoms with Gasteiger partial charge in [-0.05, 0) is 62.6 Å². The number of nitrogens with one attached hydrogen (secondary N) is 2. The molecule has 1 aromatic carbocycles. The number of nitrogens with zero attached hydrogens (tertiary/aromatic N) is 2. The molecule has 1 aliphatic heterocycles. The molecule has 9 heteroatoms. The van der Waals surface area contributed by atoms with E-state index in [0.29, 0.717) is 31.4 Å². The minimum atomic E-state index is 0. The first-order valence-electron chi connectivity index (χ1n) is 11.3. The van der Waals surface area contributed by atoms with Gasteiger partial charge in [0.15, 0.2) is 5.96 Å². The van der Waals surface area contributed by atoms with Gasteiger partial charge in [-0.3, -0.25) is 0 Å². The minimum Gasteiger partial charge on any atom is -0.494 e. The molecule has 1 saturated heterocycles. The summed E-state index contributed by atoms with van der Waals surface area (Å²) in [5, 5.41) is 6.63. The van der Waals surface area contributed by atoms with E-state index in [0.717, 1.165) is 56.4 Å². The first-order valence-corrected chi connectivity index (χ1v) is 11.3. The average Bonchev–Trinajstić information content (AvgIpc) is 3.32. The lowest BCUT2D eigenvalue weighted by molar-refractivity contribution is 0.0420. The van der Waals surface area contributed by atoms with Crippen molar-refractivity contribution in [3.05, 3.63) is 48.2 Å². The molecule has 3 rings (SSSR count). The number of rotatable bonds is 12. The van der Waals surface area contributed by atoms with Crippen LogP contribution in [0.3, 0.4) is 0 Å². The molecule has 1 fully saturated rings. The Labute approximate surface area is 213 Å². The van der Waals surface area contributed by atoms with Gasteiger partial charge in [0.2, 0.25) is 5.88 Å². The van der Waals surface area contributed by atoms with E-state index in [2.05, 4.69) is 27.5 Å². The van der Waals surface area contributed by atoms with E-state index < -0.39 is 0 Å². The molecular weight excluding hydrogens is 535 g/mol. The molecule has 0 saturated carbocycles. The molecule has 1 aromatic heterocycles. The van der Waals surface area contributed by atoms with Crippen LogP contribution in [-0.4, -0.2) is 56.6 Å². The lowest BCUT2D eigenvalue weighted by Gasteiger charge is -2.13. The van der Waals surface area contributed by atoms with Gasteiger partial charge in [-0.2, -0.15) is 0 Å². The lowest BCUT2D eigenvalue weighted by Crippen LogP contribution is -2.38. The third-order valence-electron chi connectivity index (χ3n) is 4.78. The van der Waals surface area contributed by atoms with Crippen LogP contribution in [0.15, 0.2) is 47.6 Å². The molecule has 0 spiro atoms. The molecule has 182 valence electrons. The van der Waals surface area contributed by atoms with Gasteiger partial charge in [-0.25, -0.2) is 9.98 Å². The number of benzene rings is 1. The Morgan fingerprint density at radius 3 is 2.70 bits per heavy atom. The van der Waals surface area contributed by atoms with Gasteiger partial charge in [-0.1, -0.05) is 0 Å². The molecule has 2 N–H and O–H groups in total. The van der Waals surface area contributed by atoms with Crippen molar-refractivity contribution in [2.75, 3.05) is 39.5 Å². The zero-order chi connectivity index (χ0) is 22.4. The first-order chi connectivity index (χ1) is 15.8.